The van der Waals surface area contributed by atoms with Gasteiger partial charge >= 0.3 is 6.09 Å². The number of ether oxygens (including phenoxy) is 2. The van der Waals surface area contributed by atoms with Crippen molar-refractivity contribution in [3.05, 3.63) is 30.6 Å². The number of amides is 2. The van der Waals surface area contributed by atoms with Gasteiger partial charge in [0.05, 0.1) is 31.0 Å². The van der Waals surface area contributed by atoms with Gasteiger partial charge in [0.1, 0.15) is 11.3 Å². The Balaban J connectivity index is 1.27. The maximum atomic E-state index is 12.4. The fraction of sp³-hybridized carbons (Fsp3) is 0.520. The Hall–Kier alpha value is -3.60. The number of rotatable bonds is 6. The van der Waals surface area contributed by atoms with Gasteiger partial charge in [-0.3, -0.25) is 9.48 Å². The number of nitrogens with one attached hydrogen (secondary N) is 1. The van der Waals surface area contributed by atoms with Crippen LogP contribution in [0.3, 0.4) is 0 Å². The molecule has 0 radical (unpaired) electrons. The Morgan fingerprint density at radius 3 is 2.72 bits per heavy atom. The number of β-amino-alcohol motifs (C(OH)–C–C–N with tert-alkyl or cyclic N) is 1. The van der Waals surface area contributed by atoms with E-state index in [1.54, 1.807) is 15.4 Å². The lowest BCUT2D eigenvalue weighted by Crippen LogP contribution is -2.36. The molecule has 1 saturated heterocycles. The summed E-state index contributed by atoms with van der Waals surface area (Å²) in [7, 11) is 1.83. The van der Waals surface area contributed by atoms with Crippen LogP contribution in [0.4, 0.5) is 10.6 Å². The van der Waals surface area contributed by atoms with Crippen molar-refractivity contribution in [3.8, 4) is 17.0 Å². The lowest BCUT2D eigenvalue weighted by atomic mass is 10.1. The maximum absolute atomic E-state index is 12.4. The minimum Gasteiger partial charge on any atom is -0.489 e. The summed E-state index contributed by atoms with van der Waals surface area (Å²) in [4.78, 5) is 26.0. The molecular weight excluding hydrogens is 464 g/mol. The van der Waals surface area contributed by atoms with E-state index in [9.17, 15) is 14.7 Å². The number of aliphatic hydroxyl groups excluding tert-OH is 1. The van der Waals surface area contributed by atoms with Crippen molar-refractivity contribution in [2.24, 2.45) is 18.9 Å². The van der Waals surface area contributed by atoms with Gasteiger partial charge in [-0.25, -0.2) is 9.31 Å². The van der Waals surface area contributed by atoms with Crippen molar-refractivity contribution < 1.29 is 24.2 Å². The lowest BCUT2D eigenvalue weighted by molar-refractivity contribution is -0.117. The molecule has 2 fully saturated rings. The Morgan fingerprint density at radius 1 is 1.22 bits per heavy atom. The highest BCUT2D eigenvalue weighted by Gasteiger charge is 2.37. The van der Waals surface area contributed by atoms with E-state index in [2.05, 4.69) is 15.5 Å². The van der Waals surface area contributed by atoms with Gasteiger partial charge in [-0.05, 0) is 45.7 Å². The summed E-state index contributed by atoms with van der Waals surface area (Å²) in [6.45, 7) is 6.23. The number of likely N-dealkylation sites (tertiary alicyclic amines) is 1. The van der Waals surface area contributed by atoms with Crippen molar-refractivity contribution in [1.82, 2.24) is 24.3 Å². The molecule has 0 unspecified atom stereocenters. The van der Waals surface area contributed by atoms with Crippen LogP contribution < -0.4 is 10.1 Å². The molecule has 4 heterocycles. The van der Waals surface area contributed by atoms with Crippen molar-refractivity contribution in [3.63, 3.8) is 0 Å². The predicted molar refractivity (Wildman–Crippen MR) is 132 cm³/mol. The second-order valence-electron chi connectivity index (χ2n) is 10.6. The van der Waals surface area contributed by atoms with Crippen molar-refractivity contribution in [1.29, 1.82) is 0 Å². The van der Waals surface area contributed by atoms with Crippen LogP contribution in [0.1, 0.15) is 33.6 Å². The number of carbonyl (C=O) groups is 2. The maximum Gasteiger partial charge on any atom is 0.410 e. The molecule has 1 aliphatic carbocycles. The highest BCUT2D eigenvalue weighted by Crippen LogP contribution is 2.33. The molecular formula is C25H32N6O5. The highest BCUT2D eigenvalue weighted by molar-refractivity contribution is 5.93. The number of hydrogen-bond donors (Lipinski definition) is 2. The predicted octanol–water partition coefficient (Wildman–Crippen LogP) is 2.69. The smallest absolute Gasteiger partial charge is 0.410 e. The van der Waals surface area contributed by atoms with Crippen LogP contribution in [-0.4, -0.2) is 72.8 Å². The number of fused-ring (bicyclic) bond motifs is 1. The van der Waals surface area contributed by atoms with E-state index in [1.807, 2.05) is 52.2 Å². The molecule has 11 heteroatoms. The Kier molecular flexibility index (Phi) is 6.11. The monoisotopic (exact) mass is 496 g/mol. The SMILES string of the molecule is Cn1ncc(OC[C@@H]2CN(C(=O)OC(C)(C)C)C[C@H]2O)c1-c1ccn2nc(NC(=O)C3CC3)cc2c1. The third-order valence-corrected chi connectivity index (χ3v) is 6.35. The molecule has 2 amide bonds. The van der Waals surface area contributed by atoms with Gasteiger partial charge in [0.25, 0.3) is 0 Å². The van der Waals surface area contributed by atoms with Crippen LogP contribution in [0.5, 0.6) is 5.75 Å². The van der Waals surface area contributed by atoms with E-state index in [0.717, 1.165) is 29.6 Å². The first-order valence-corrected chi connectivity index (χ1v) is 12.2. The third-order valence-electron chi connectivity index (χ3n) is 6.35. The molecule has 36 heavy (non-hydrogen) atoms. The Bertz CT molecular complexity index is 1290. The fourth-order valence-electron chi connectivity index (χ4n) is 4.32. The molecule has 3 aromatic rings. The van der Waals surface area contributed by atoms with Gasteiger partial charge < -0.3 is 24.8 Å². The minimum absolute atomic E-state index is 0.0142. The minimum atomic E-state index is -0.704. The second-order valence-corrected chi connectivity index (χ2v) is 10.6. The van der Waals surface area contributed by atoms with Crippen LogP contribution in [-0.2, 0) is 16.6 Å². The van der Waals surface area contributed by atoms with Crippen molar-refractivity contribution in [2.45, 2.75) is 45.3 Å². The zero-order valence-electron chi connectivity index (χ0n) is 21.0. The Morgan fingerprint density at radius 2 is 2.00 bits per heavy atom. The molecule has 1 saturated carbocycles. The van der Waals surface area contributed by atoms with E-state index in [0.29, 0.717) is 18.1 Å². The zero-order valence-corrected chi connectivity index (χ0v) is 21.0. The van der Waals surface area contributed by atoms with Crippen LogP contribution >= 0.6 is 0 Å². The zero-order chi connectivity index (χ0) is 25.6. The topological polar surface area (TPSA) is 123 Å². The highest BCUT2D eigenvalue weighted by atomic mass is 16.6. The molecule has 0 bridgehead atoms. The van der Waals surface area contributed by atoms with Gasteiger partial charge in [-0.2, -0.15) is 10.2 Å². The van der Waals surface area contributed by atoms with E-state index in [1.165, 1.54) is 4.90 Å². The van der Waals surface area contributed by atoms with Crippen molar-refractivity contribution >= 4 is 23.3 Å². The number of hydrogen-bond acceptors (Lipinski definition) is 7. The summed E-state index contributed by atoms with van der Waals surface area (Å²) in [6, 6.07) is 5.70. The number of carbonyl (C=O) groups excluding carboxylic acids is 2. The molecule has 2 N–H and O–H groups in total. The van der Waals surface area contributed by atoms with E-state index >= 15 is 0 Å². The van der Waals surface area contributed by atoms with Crippen molar-refractivity contribution in [2.75, 3.05) is 25.0 Å². The summed E-state index contributed by atoms with van der Waals surface area (Å²) >= 11 is 0. The largest absolute Gasteiger partial charge is 0.489 e. The molecule has 0 spiro atoms. The summed E-state index contributed by atoms with van der Waals surface area (Å²) in [6.07, 6.45) is 4.20. The first kappa shape index (κ1) is 24.1. The van der Waals surface area contributed by atoms with Crippen LogP contribution in [0.25, 0.3) is 16.8 Å². The average molecular weight is 497 g/mol. The molecule has 11 nitrogen and oxygen atoms in total. The summed E-state index contributed by atoms with van der Waals surface area (Å²) in [5, 5.41) is 22.2. The number of aryl methyl sites for hydroxylation is 1. The molecule has 5 rings (SSSR count). The van der Waals surface area contributed by atoms with Gasteiger partial charge in [0.2, 0.25) is 5.91 Å². The number of anilines is 1. The third kappa shape index (κ3) is 5.15. The molecule has 192 valence electrons. The first-order chi connectivity index (χ1) is 17.1. The second kappa shape index (κ2) is 9.12. The number of pyridine rings is 1. The van der Waals surface area contributed by atoms with Gasteiger partial charge in [0, 0.05) is 43.3 Å². The molecule has 3 aromatic heterocycles. The Labute approximate surface area is 209 Å². The lowest BCUT2D eigenvalue weighted by Gasteiger charge is -2.24. The van der Waals surface area contributed by atoms with Gasteiger partial charge in [-0.15, -0.1) is 0 Å². The van der Waals surface area contributed by atoms with Gasteiger partial charge in [0.15, 0.2) is 11.6 Å². The quantitative estimate of drug-likeness (QED) is 0.538. The van der Waals surface area contributed by atoms with Gasteiger partial charge in [-0.1, -0.05) is 0 Å². The average Bonchev–Trinajstić information content (AvgIpc) is 3.33. The standard InChI is InChI=1S/C25H32N6O5/c1-25(2,3)36-24(34)30-12-17(19(32)13-30)14-35-20-11-26-29(4)22(20)16-7-8-31-18(9-16)10-21(28-31)27-23(33)15-5-6-15/h7-11,15,17,19,32H,5-6,12-14H2,1-4H3,(H,27,28,33)/t17-,19+/m0/s1. The van der Waals surface area contributed by atoms with Crippen LogP contribution in [0, 0.1) is 11.8 Å². The van der Waals surface area contributed by atoms with Crippen LogP contribution in [0.15, 0.2) is 30.6 Å². The van der Waals surface area contributed by atoms with E-state index in [-0.39, 0.29) is 30.9 Å². The van der Waals surface area contributed by atoms with E-state index in [4.69, 9.17) is 9.47 Å². The summed E-state index contributed by atoms with van der Waals surface area (Å²) < 4.78 is 15.0. The molecule has 2 aliphatic rings. The summed E-state index contributed by atoms with van der Waals surface area (Å²) in [5.74, 6) is 0.969. The normalized spacial score (nSPS) is 20.1. The number of nitrogens with zero attached hydrogens (tertiary/aromatic N) is 5. The van der Waals surface area contributed by atoms with E-state index < -0.39 is 17.8 Å². The summed E-state index contributed by atoms with van der Waals surface area (Å²) in [5.41, 5.74) is 1.88. The molecule has 2 atom stereocenters. The number of aromatic nitrogens is 4. The number of aliphatic hydroxyl groups is 1. The fourth-order valence-corrected chi connectivity index (χ4v) is 4.32. The molecule has 0 aromatic carbocycles. The molecule has 1 aliphatic heterocycles. The van der Waals surface area contributed by atoms with Crippen LogP contribution in [0.2, 0.25) is 0 Å². The first-order valence-electron chi connectivity index (χ1n) is 12.2.